The monoisotopic (exact) mass is 377 g/mol. The van der Waals surface area contributed by atoms with Crippen LogP contribution in [0.3, 0.4) is 0 Å². The predicted octanol–water partition coefficient (Wildman–Crippen LogP) is 2.60. The molecule has 2 N–H and O–H groups in total. The van der Waals surface area contributed by atoms with Crippen LogP contribution in [-0.4, -0.2) is 40.0 Å². The second-order valence-electron chi connectivity index (χ2n) is 7.07. The minimum Gasteiger partial charge on any atom is -0.348 e. The molecule has 26 heavy (non-hydrogen) atoms. The normalized spacial score (nSPS) is 16.0. The average molecular weight is 378 g/mol. The number of carbonyl (C=O) groups is 1. The Morgan fingerprint density at radius 1 is 1.35 bits per heavy atom. The zero-order valence-electron chi connectivity index (χ0n) is 15.7. The van der Waals surface area contributed by atoms with Crippen molar-refractivity contribution in [2.45, 2.75) is 52.1 Å². The van der Waals surface area contributed by atoms with Gasteiger partial charge in [-0.1, -0.05) is 29.0 Å². The van der Waals surface area contributed by atoms with Gasteiger partial charge in [-0.15, -0.1) is 17.5 Å². The molecule has 0 spiro atoms. The number of aromatic nitrogens is 3. The van der Waals surface area contributed by atoms with E-state index in [1.165, 1.54) is 16.7 Å². The van der Waals surface area contributed by atoms with E-state index in [9.17, 15) is 4.79 Å². The Balaban J connectivity index is 0.00000243. The quantitative estimate of drug-likeness (QED) is 0.840. The molecule has 3 rings (SSSR count). The van der Waals surface area contributed by atoms with Crippen molar-refractivity contribution in [3.63, 3.8) is 0 Å². The third-order valence-electron chi connectivity index (χ3n) is 4.83. The van der Waals surface area contributed by atoms with E-state index in [4.69, 9.17) is 0 Å². The molecule has 1 amide bonds. The molecule has 7 heteroatoms. The lowest BCUT2D eigenvalue weighted by Gasteiger charge is -2.22. The topological polar surface area (TPSA) is 71.8 Å². The van der Waals surface area contributed by atoms with Crippen molar-refractivity contribution >= 4 is 18.3 Å². The second-order valence-corrected chi connectivity index (χ2v) is 7.07. The lowest BCUT2D eigenvalue weighted by molar-refractivity contribution is 0.0935. The molecule has 0 aliphatic carbocycles. The molecule has 1 aromatic heterocycles. The number of rotatable bonds is 5. The Bertz CT molecular complexity index is 739. The number of piperidine rings is 1. The number of benzene rings is 1. The maximum absolute atomic E-state index is 12.4. The van der Waals surface area contributed by atoms with Crippen LogP contribution in [0, 0.1) is 13.8 Å². The second kappa shape index (κ2) is 9.14. The van der Waals surface area contributed by atoms with E-state index in [0.29, 0.717) is 11.7 Å². The summed E-state index contributed by atoms with van der Waals surface area (Å²) in [5.74, 6) is -0.155. The first-order chi connectivity index (χ1) is 12.0. The van der Waals surface area contributed by atoms with Crippen LogP contribution in [-0.2, 0) is 6.42 Å². The third-order valence-corrected chi connectivity index (χ3v) is 4.83. The molecule has 1 aliphatic rings. The molecule has 2 heterocycles. The van der Waals surface area contributed by atoms with Crippen LogP contribution in [0.4, 0.5) is 0 Å². The molecule has 2 aromatic rings. The number of halogens is 1. The van der Waals surface area contributed by atoms with Crippen molar-refractivity contribution in [1.29, 1.82) is 0 Å². The van der Waals surface area contributed by atoms with Crippen molar-refractivity contribution in [3.8, 4) is 0 Å². The van der Waals surface area contributed by atoms with Gasteiger partial charge in [0.1, 0.15) is 0 Å². The number of nitrogens with zero attached hydrogens (tertiary/aromatic N) is 3. The van der Waals surface area contributed by atoms with Gasteiger partial charge in [0.15, 0.2) is 5.69 Å². The Morgan fingerprint density at radius 2 is 2.08 bits per heavy atom. The van der Waals surface area contributed by atoms with Gasteiger partial charge < -0.3 is 10.6 Å². The number of nitrogens with one attached hydrogen (secondary N) is 2. The summed E-state index contributed by atoms with van der Waals surface area (Å²) in [5.41, 5.74) is 4.17. The van der Waals surface area contributed by atoms with E-state index in [0.717, 1.165) is 32.4 Å². The van der Waals surface area contributed by atoms with Gasteiger partial charge in [-0.2, -0.15) is 0 Å². The summed E-state index contributed by atoms with van der Waals surface area (Å²) in [6.07, 6.45) is 4.62. The highest BCUT2D eigenvalue weighted by Gasteiger charge is 2.19. The lowest BCUT2D eigenvalue weighted by atomic mass is 10.00. The maximum Gasteiger partial charge on any atom is 0.273 e. The van der Waals surface area contributed by atoms with Crippen LogP contribution in [0.15, 0.2) is 24.4 Å². The van der Waals surface area contributed by atoms with Crippen molar-refractivity contribution in [1.82, 2.24) is 25.6 Å². The zero-order chi connectivity index (χ0) is 17.8. The Morgan fingerprint density at radius 3 is 2.77 bits per heavy atom. The van der Waals surface area contributed by atoms with E-state index in [2.05, 4.69) is 53.0 Å². The van der Waals surface area contributed by atoms with Gasteiger partial charge in [0, 0.05) is 6.04 Å². The van der Waals surface area contributed by atoms with Crippen molar-refractivity contribution < 1.29 is 4.79 Å². The molecular weight excluding hydrogens is 350 g/mol. The number of carbonyl (C=O) groups excluding carboxylic acids is 1. The molecule has 0 saturated carbocycles. The largest absolute Gasteiger partial charge is 0.348 e. The Labute approximate surface area is 161 Å². The van der Waals surface area contributed by atoms with E-state index in [-0.39, 0.29) is 24.4 Å². The highest BCUT2D eigenvalue weighted by Crippen LogP contribution is 2.17. The molecule has 1 fully saturated rings. The van der Waals surface area contributed by atoms with Gasteiger partial charge in [0.2, 0.25) is 0 Å². The van der Waals surface area contributed by atoms with Crippen molar-refractivity contribution in [2.24, 2.45) is 0 Å². The van der Waals surface area contributed by atoms with Gasteiger partial charge in [-0.05, 0) is 64.3 Å². The molecule has 1 aliphatic heterocycles. The molecule has 1 saturated heterocycles. The lowest BCUT2D eigenvalue weighted by Crippen LogP contribution is -2.34. The van der Waals surface area contributed by atoms with E-state index in [1.807, 2.05) is 11.6 Å². The van der Waals surface area contributed by atoms with Crippen molar-refractivity contribution in [3.05, 3.63) is 46.8 Å². The van der Waals surface area contributed by atoms with Crippen LogP contribution < -0.4 is 10.6 Å². The summed E-state index contributed by atoms with van der Waals surface area (Å²) >= 11 is 0. The van der Waals surface area contributed by atoms with Gasteiger partial charge >= 0.3 is 0 Å². The van der Waals surface area contributed by atoms with Crippen molar-refractivity contribution in [2.75, 3.05) is 13.1 Å². The molecule has 1 atom stereocenters. The fourth-order valence-corrected chi connectivity index (χ4v) is 3.38. The van der Waals surface area contributed by atoms with Gasteiger partial charge in [0.25, 0.3) is 5.91 Å². The van der Waals surface area contributed by atoms with Gasteiger partial charge in [-0.3, -0.25) is 4.79 Å². The van der Waals surface area contributed by atoms with Gasteiger partial charge in [-0.25, -0.2) is 4.68 Å². The summed E-state index contributed by atoms with van der Waals surface area (Å²) in [4.78, 5) is 12.4. The summed E-state index contributed by atoms with van der Waals surface area (Å²) in [6, 6.07) is 6.80. The van der Waals surface area contributed by atoms with Crippen LogP contribution in [0.5, 0.6) is 0 Å². The van der Waals surface area contributed by atoms with Crippen LogP contribution in [0.2, 0.25) is 0 Å². The average Bonchev–Trinajstić information content (AvgIpc) is 3.08. The smallest absolute Gasteiger partial charge is 0.273 e. The van der Waals surface area contributed by atoms with Crippen LogP contribution in [0.25, 0.3) is 0 Å². The van der Waals surface area contributed by atoms with E-state index in [1.54, 1.807) is 6.20 Å². The molecule has 6 nitrogen and oxygen atoms in total. The number of amides is 1. The van der Waals surface area contributed by atoms with E-state index >= 15 is 0 Å². The first kappa shape index (κ1) is 20.4. The SMILES string of the molecule is Cc1ccc(CC(C)NC(=O)c2cn(C3CCNCC3)nn2)c(C)c1.Cl. The third kappa shape index (κ3) is 5.05. The zero-order valence-corrected chi connectivity index (χ0v) is 16.5. The fraction of sp³-hybridized carbons (Fsp3) is 0.526. The fourth-order valence-electron chi connectivity index (χ4n) is 3.38. The van der Waals surface area contributed by atoms with Crippen LogP contribution >= 0.6 is 12.4 Å². The molecule has 0 bridgehead atoms. The molecule has 1 unspecified atom stereocenters. The standard InChI is InChI=1S/C19H27N5O.ClH/c1-13-4-5-16(14(2)10-13)11-15(3)21-19(25)18-12-24(23-22-18)17-6-8-20-9-7-17;/h4-5,10,12,15,17,20H,6-9,11H2,1-3H3,(H,21,25);1H. The minimum absolute atomic E-state index is 0. The first-order valence-corrected chi connectivity index (χ1v) is 9.02. The molecule has 1 aromatic carbocycles. The Kier molecular flexibility index (Phi) is 7.17. The van der Waals surface area contributed by atoms with Crippen LogP contribution in [0.1, 0.15) is 53.0 Å². The van der Waals surface area contributed by atoms with Gasteiger partial charge in [0.05, 0.1) is 12.2 Å². The number of aryl methyl sites for hydroxylation is 2. The summed E-state index contributed by atoms with van der Waals surface area (Å²) < 4.78 is 1.84. The maximum atomic E-state index is 12.4. The summed E-state index contributed by atoms with van der Waals surface area (Å²) in [5, 5.41) is 14.6. The number of hydrogen-bond acceptors (Lipinski definition) is 4. The summed E-state index contributed by atoms with van der Waals surface area (Å²) in [6.45, 7) is 8.20. The number of hydrogen-bond donors (Lipinski definition) is 2. The molecular formula is C19H28ClN5O. The first-order valence-electron chi connectivity index (χ1n) is 9.02. The minimum atomic E-state index is -0.155. The Hall–Kier alpha value is -1.92. The highest BCUT2D eigenvalue weighted by molar-refractivity contribution is 5.92. The predicted molar refractivity (Wildman–Crippen MR) is 105 cm³/mol. The highest BCUT2D eigenvalue weighted by atomic mass is 35.5. The van der Waals surface area contributed by atoms with E-state index < -0.39 is 0 Å². The molecule has 0 radical (unpaired) electrons. The summed E-state index contributed by atoms with van der Waals surface area (Å²) in [7, 11) is 0. The molecule has 142 valence electrons.